The predicted octanol–water partition coefficient (Wildman–Crippen LogP) is 2.05. The first-order valence-corrected chi connectivity index (χ1v) is 8.76. The average Bonchev–Trinajstić information content (AvgIpc) is 3.32. The third-order valence-electron chi connectivity index (χ3n) is 4.20. The summed E-state index contributed by atoms with van der Waals surface area (Å²) < 4.78 is 10.6. The van der Waals surface area contributed by atoms with Crippen LogP contribution in [0.25, 0.3) is 0 Å². The molecule has 1 atom stereocenters. The van der Waals surface area contributed by atoms with Crippen LogP contribution in [0.1, 0.15) is 34.0 Å². The molecule has 0 unspecified atom stereocenters. The Morgan fingerprint density at radius 3 is 3.08 bits per heavy atom. The zero-order valence-electron chi connectivity index (χ0n) is 13.0. The second-order valence-corrected chi connectivity index (χ2v) is 6.92. The number of thiazole rings is 1. The largest absolute Gasteiger partial charge is 0.459 e. The maximum atomic E-state index is 12.4. The van der Waals surface area contributed by atoms with Gasteiger partial charge in [-0.1, -0.05) is 11.3 Å². The third-order valence-corrected chi connectivity index (χ3v) is 5.20. The Bertz CT molecular complexity index is 749. The molecule has 2 aromatic heterocycles. The van der Waals surface area contributed by atoms with Crippen molar-refractivity contribution in [2.75, 3.05) is 18.5 Å². The average molecular weight is 347 g/mol. The number of nitrogens with zero attached hydrogens (tertiary/aromatic N) is 2. The maximum Gasteiger partial charge on any atom is 0.289 e. The van der Waals surface area contributed by atoms with Crippen LogP contribution in [-0.4, -0.2) is 41.0 Å². The van der Waals surface area contributed by atoms with Crippen LogP contribution in [0.2, 0.25) is 0 Å². The fourth-order valence-electron chi connectivity index (χ4n) is 2.95. The Kier molecular flexibility index (Phi) is 4.07. The molecule has 1 fully saturated rings. The van der Waals surface area contributed by atoms with E-state index in [0.29, 0.717) is 37.0 Å². The molecular formula is C16H17N3O4S. The fourth-order valence-corrected chi connectivity index (χ4v) is 3.98. The van der Waals surface area contributed by atoms with Gasteiger partial charge in [0.2, 0.25) is 0 Å². The first-order chi connectivity index (χ1) is 11.7. The normalized spacial score (nSPS) is 20.0. The van der Waals surface area contributed by atoms with E-state index in [9.17, 15) is 9.59 Å². The van der Waals surface area contributed by atoms with E-state index in [-0.39, 0.29) is 17.9 Å². The van der Waals surface area contributed by atoms with E-state index in [4.69, 9.17) is 9.15 Å². The molecule has 2 aliphatic rings. The highest BCUT2D eigenvalue weighted by atomic mass is 32.1. The maximum absolute atomic E-state index is 12.4. The summed E-state index contributed by atoms with van der Waals surface area (Å²) in [6, 6.07) is 3.37. The summed E-state index contributed by atoms with van der Waals surface area (Å²) in [4.78, 5) is 31.7. The van der Waals surface area contributed by atoms with Gasteiger partial charge in [0.25, 0.3) is 11.8 Å². The van der Waals surface area contributed by atoms with Gasteiger partial charge in [-0.2, -0.15) is 0 Å². The highest BCUT2D eigenvalue weighted by Gasteiger charge is 2.28. The Morgan fingerprint density at radius 2 is 2.33 bits per heavy atom. The third kappa shape index (κ3) is 2.94. The highest BCUT2D eigenvalue weighted by Crippen LogP contribution is 2.29. The molecule has 0 spiro atoms. The van der Waals surface area contributed by atoms with Crippen molar-refractivity contribution in [3.8, 4) is 0 Å². The molecule has 2 amide bonds. The van der Waals surface area contributed by atoms with Crippen molar-refractivity contribution in [1.29, 1.82) is 0 Å². The Balaban J connectivity index is 1.44. The standard InChI is InChI=1S/C16H17N3O4S/c20-14(11-3-1-7-22-11)18-16-17-10-5-6-19(9-13(10)24-16)15(21)12-4-2-8-23-12/h2,4,8,11H,1,3,5-7,9H2,(H,17,18,20)/t11-/m0/s1. The zero-order valence-corrected chi connectivity index (χ0v) is 13.8. The number of hydrogen-bond donors (Lipinski definition) is 1. The van der Waals surface area contributed by atoms with Crippen molar-refractivity contribution in [1.82, 2.24) is 9.88 Å². The molecule has 2 aliphatic heterocycles. The van der Waals surface area contributed by atoms with E-state index < -0.39 is 0 Å². The Morgan fingerprint density at radius 1 is 1.42 bits per heavy atom. The first kappa shape index (κ1) is 15.3. The van der Waals surface area contributed by atoms with Gasteiger partial charge in [0.1, 0.15) is 6.10 Å². The molecule has 0 aliphatic carbocycles. The number of furan rings is 1. The number of carbonyl (C=O) groups excluding carboxylic acids is 2. The van der Waals surface area contributed by atoms with Gasteiger partial charge < -0.3 is 14.1 Å². The van der Waals surface area contributed by atoms with Crippen molar-refractivity contribution in [2.45, 2.75) is 31.9 Å². The quantitative estimate of drug-likeness (QED) is 0.918. The molecular weight excluding hydrogens is 330 g/mol. The predicted molar refractivity (Wildman–Crippen MR) is 86.9 cm³/mol. The summed E-state index contributed by atoms with van der Waals surface area (Å²) in [5, 5.41) is 3.41. The van der Waals surface area contributed by atoms with Crippen LogP contribution in [0.5, 0.6) is 0 Å². The van der Waals surface area contributed by atoms with Gasteiger partial charge in [-0.05, 0) is 25.0 Å². The second kappa shape index (κ2) is 6.37. The molecule has 4 rings (SSSR count). The van der Waals surface area contributed by atoms with Gasteiger partial charge in [0.15, 0.2) is 10.9 Å². The van der Waals surface area contributed by atoms with Gasteiger partial charge >= 0.3 is 0 Å². The number of hydrogen-bond acceptors (Lipinski definition) is 6. The van der Waals surface area contributed by atoms with Gasteiger partial charge in [0, 0.05) is 24.4 Å². The van der Waals surface area contributed by atoms with Gasteiger partial charge in [-0.3, -0.25) is 14.9 Å². The molecule has 4 heterocycles. The number of carbonyl (C=O) groups is 2. The van der Waals surface area contributed by atoms with Crippen molar-refractivity contribution in [3.63, 3.8) is 0 Å². The zero-order chi connectivity index (χ0) is 16.5. The minimum atomic E-state index is -0.372. The SMILES string of the molecule is O=C(Nc1nc2c(s1)CN(C(=O)c1ccco1)CC2)[C@@H]1CCCO1. The number of fused-ring (bicyclic) bond motifs is 1. The van der Waals surface area contributed by atoms with Crippen LogP contribution in [0, 0.1) is 0 Å². The summed E-state index contributed by atoms with van der Waals surface area (Å²) in [6.45, 7) is 1.72. The van der Waals surface area contributed by atoms with E-state index in [2.05, 4.69) is 10.3 Å². The van der Waals surface area contributed by atoms with Crippen molar-refractivity contribution >= 4 is 28.3 Å². The molecule has 0 saturated carbocycles. The summed E-state index contributed by atoms with van der Waals surface area (Å²) in [5.41, 5.74) is 0.950. The smallest absolute Gasteiger partial charge is 0.289 e. The molecule has 0 radical (unpaired) electrons. The lowest BCUT2D eigenvalue weighted by molar-refractivity contribution is -0.124. The number of aromatic nitrogens is 1. The van der Waals surface area contributed by atoms with E-state index in [0.717, 1.165) is 23.4 Å². The van der Waals surface area contributed by atoms with Crippen molar-refractivity contribution < 1.29 is 18.7 Å². The molecule has 8 heteroatoms. The van der Waals surface area contributed by atoms with E-state index in [1.54, 1.807) is 17.0 Å². The van der Waals surface area contributed by atoms with Gasteiger partial charge in [0.05, 0.1) is 18.5 Å². The van der Waals surface area contributed by atoms with Crippen LogP contribution in [0.3, 0.4) is 0 Å². The molecule has 1 saturated heterocycles. The molecule has 2 aromatic rings. The number of amides is 2. The molecule has 24 heavy (non-hydrogen) atoms. The van der Waals surface area contributed by atoms with E-state index in [1.165, 1.54) is 17.6 Å². The molecule has 1 N–H and O–H groups in total. The Labute approximate surface area is 142 Å². The molecule has 0 aromatic carbocycles. The van der Waals surface area contributed by atoms with Crippen LogP contribution in [-0.2, 0) is 22.5 Å². The molecule has 0 bridgehead atoms. The molecule has 126 valence electrons. The first-order valence-electron chi connectivity index (χ1n) is 7.94. The number of rotatable bonds is 3. The van der Waals surface area contributed by atoms with Crippen LogP contribution in [0.15, 0.2) is 22.8 Å². The monoisotopic (exact) mass is 347 g/mol. The van der Waals surface area contributed by atoms with Gasteiger partial charge in [-0.25, -0.2) is 4.98 Å². The van der Waals surface area contributed by atoms with Crippen LogP contribution < -0.4 is 5.32 Å². The lowest BCUT2D eigenvalue weighted by Crippen LogP contribution is -2.35. The van der Waals surface area contributed by atoms with E-state index in [1.807, 2.05) is 0 Å². The minimum Gasteiger partial charge on any atom is -0.459 e. The lowest BCUT2D eigenvalue weighted by atomic mass is 10.1. The summed E-state index contributed by atoms with van der Waals surface area (Å²) in [5.74, 6) is 0.0842. The topological polar surface area (TPSA) is 84.7 Å². The van der Waals surface area contributed by atoms with Gasteiger partial charge in [-0.15, -0.1) is 0 Å². The lowest BCUT2D eigenvalue weighted by Gasteiger charge is -2.25. The summed E-state index contributed by atoms with van der Waals surface area (Å²) in [7, 11) is 0. The highest BCUT2D eigenvalue weighted by molar-refractivity contribution is 7.15. The van der Waals surface area contributed by atoms with Crippen LogP contribution in [0.4, 0.5) is 5.13 Å². The fraction of sp³-hybridized carbons (Fsp3) is 0.438. The molecule has 7 nitrogen and oxygen atoms in total. The number of ether oxygens (including phenoxy) is 1. The number of nitrogens with one attached hydrogen (secondary N) is 1. The second-order valence-electron chi connectivity index (χ2n) is 5.83. The summed E-state index contributed by atoms with van der Waals surface area (Å²) in [6.07, 6.45) is 3.46. The Hall–Kier alpha value is -2.19. The minimum absolute atomic E-state index is 0.121. The van der Waals surface area contributed by atoms with Crippen molar-refractivity contribution in [2.24, 2.45) is 0 Å². The van der Waals surface area contributed by atoms with E-state index >= 15 is 0 Å². The summed E-state index contributed by atoms with van der Waals surface area (Å²) >= 11 is 1.42. The number of anilines is 1. The van der Waals surface area contributed by atoms with Crippen molar-refractivity contribution in [3.05, 3.63) is 34.7 Å². The van der Waals surface area contributed by atoms with Crippen LogP contribution >= 0.6 is 11.3 Å².